The Balaban J connectivity index is 1.63. The lowest BCUT2D eigenvalue weighted by atomic mass is 10.0. The Morgan fingerprint density at radius 2 is 1.31 bits per heavy atom. The van der Waals surface area contributed by atoms with Crippen LogP contribution in [0.1, 0.15) is 0 Å². The van der Waals surface area contributed by atoms with E-state index in [2.05, 4.69) is 12.1 Å². The largest absolute Gasteiger partial charge is 0.422 e. The van der Waals surface area contributed by atoms with Crippen LogP contribution >= 0.6 is 0 Å². The van der Waals surface area contributed by atoms with Gasteiger partial charge in [-0.25, -0.2) is 9.21 Å². The molecule has 3 nitrogen and oxygen atoms in total. The summed E-state index contributed by atoms with van der Waals surface area (Å²) >= 11 is 0. The summed E-state index contributed by atoms with van der Waals surface area (Å²) in [6, 6.07) is 29.7. The van der Waals surface area contributed by atoms with Crippen LogP contribution in [0.15, 0.2) is 105 Å². The van der Waals surface area contributed by atoms with Gasteiger partial charge in [0.25, 0.3) is 0 Å². The van der Waals surface area contributed by atoms with Crippen molar-refractivity contribution in [2.45, 2.75) is 0 Å². The van der Waals surface area contributed by atoms with Crippen LogP contribution in [0.4, 0.5) is 0 Å². The molecule has 6 aromatic rings. The van der Waals surface area contributed by atoms with Gasteiger partial charge >= 0.3 is 17.0 Å². The van der Waals surface area contributed by atoms with Gasteiger partial charge in [-0.1, -0.05) is 54.6 Å². The fourth-order valence-corrected chi connectivity index (χ4v) is 4.04. The predicted octanol–water partition coefficient (Wildman–Crippen LogP) is 6.79. The number of rotatable bonds is 1. The van der Waals surface area contributed by atoms with E-state index in [1.807, 2.05) is 78.9 Å². The molecule has 29 heavy (non-hydrogen) atoms. The minimum absolute atomic E-state index is 0.406. The Labute approximate surface area is 165 Å². The third-order valence-corrected chi connectivity index (χ3v) is 5.46. The van der Waals surface area contributed by atoms with Crippen molar-refractivity contribution in [1.29, 1.82) is 0 Å². The fourth-order valence-electron chi connectivity index (χ4n) is 4.04. The second-order valence-corrected chi connectivity index (χ2v) is 7.14. The quantitative estimate of drug-likeness (QED) is 0.180. The molecule has 0 amide bonds. The van der Waals surface area contributed by atoms with Crippen LogP contribution in [-0.2, 0) is 0 Å². The summed E-state index contributed by atoms with van der Waals surface area (Å²) in [7, 11) is 0. The van der Waals surface area contributed by atoms with Crippen molar-refractivity contribution in [2.75, 3.05) is 0 Å². The second-order valence-electron chi connectivity index (χ2n) is 7.14. The summed E-state index contributed by atoms with van der Waals surface area (Å²) in [5, 5.41) is 6.33. The van der Waals surface area contributed by atoms with Gasteiger partial charge in [-0.3, -0.25) is 0 Å². The molecule has 0 fully saturated rings. The van der Waals surface area contributed by atoms with Gasteiger partial charge in [-0.05, 0) is 45.8 Å². The van der Waals surface area contributed by atoms with E-state index in [1.165, 1.54) is 0 Å². The standard InChI is InChI=1S/C26H15O3/c27-26-22(15-21-19-8-4-2-6-17(19)10-13-24(21)29-26)25-14-11-20-18-7-3-1-5-16(18)9-12-23(20)28-25/h1-15H/q+1. The van der Waals surface area contributed by atoms with Crippen molar-refractivity contribution in [3.05, 3.63) is 101 Å². The van der Waals surface area contributed by atoms with Crippen molar-refractivity contribution in [1.82, 2.24) is 0 Å². The molecule has 0 N–H and O–H groups in total. The lowest BCUT2D eigenvalue weighted by Gasteiger charge is -2.03. The monoisotopic (exact) mass is 375 g/mol. The third-order valence-electron chi connectivity index (χ3n) is 5.46. The Hall–Kier alpha value is -3.98. The topological polar surface area (TPSA) is 41.5 Å². The number of hydrogen-bond donors (Lipinski definition) is 0. The van der Waals surface area contributed by atoms with E-state index in [0.717, 1.165) is 37.9 Å². The Morgan fingerprint density at radius 1 is 0.621 bits per heavy atom. The van der Waals surface area contributed by atoms with Crippen LogP contribution in [0, 0.1) is 0 Å². The summed E-state index contributed by atoms with van der Waals surface area (Å²) in [5.74, 6) is 0.497. The highest BCUT2D eigenvalue weighted by Crippen LogP contribution is 2.31. The van der Waals surface area contributed by atoms with E-state index in [9.17, 15) is 4.79 Å². The third kappa shape index (κ3) is 2.44. The average Bonchev–Trinajstić information content (AvgIpc) is 2.78. The molecule has 0 saturated heterocycles. The van der Waals surface area contributed by atoms with Crippen LogP contribution in [-0.4, -0.2) is 0 Å². The van der Waals surface area contributed by atoms with Crippen LogP contribution in [0.25, 0.3) is 54.8 Å². The van der Waals surface area contributed by atoms with Gasteiger partial charge in [0, 0.05) is 17.5 Å². The van der Waals surface area contributed by atoms with Gasteiger partial charge in [0.2, 0.25) is 0 Å². The molecule has 0 saturated carbocycles. The van der Waals surface area contributed by atoms with Crippen molar-refractivity contribution >= 4 is 43.5 Å². The van der Waals surface area contributed by atoms with E-state index >= 15 is 0 Å². The maximum atomic E-state index is 12.7. The predicted molar refractivity (Wildman–Crippen MR) is 117 cm³/mol. The Morgan fingerprint density at radius 3 is 2.10 bits per heavy atom. The molecule has 6 rings (SSSR count). The molecular formula is C26H15O3+. The van der Waals surface area contributed by atoms with Crippen molar-refractivity contribution in [3.8, 4) is 11.3 Å². The Bertz CT molecular complexity index is 1630. The first-order valence-corrected chi connectivity index (χ1v) is 9.48. The molecule has 0 radical (unpaired) electrons. The molecule has 0 spiro atoms. The van der Waals surface area contributed by atoms with Crippen molar-refractivity contribution in [3.63, 3.8) is 0 Å². The van der Waals surface area contributed by atoms with Gasteiger partial charge in [-0.2, -0.15) is 0 Å². The minimum Gasteiger partial charge on any atom is -0.422 e. The van der Waals surface area contributed by atoms with Crippen LogP contribution in [0.2, 0.25) is 0 Å². The lowest BCUT2D eigenvalue weighted by molar-refractivity contribution is 0.554. The highest BCUT2D eigenvalue weighted by atomic mass is 16.4. The van der Waals surface area contributed by atoms with Crippen LogP contribution < -0.4 is 5.63 Å². The summed E-state index contributed by atoms with van der Waals surface area (Å²) in [5.41, 5.74) is 1.32. The number of fused-ring (bicyclic) bond motifs is 6. The first-order valence-electron chi connectivity index (χ1n) is 9.48. The van der Waals surface area contributed by atoms with Gasteiger partial charge in [0.05, 0.1) is 5.39 Å². The van der Waals surface area contributed by atoms with Crippen molar-refractivity contribution in [2.24, 2.45) is 0 Å². The van der Waals surface area contributed by atoms with Gasteiger partial charge in [0.15, 0.2) is 5.56 Å². The van der Waals surface area contributed by atoms with Crippen molar-refractivity contribution < 1.29 is 8.83 Å². The first kappa shape index (κ1) is 16.0. The van der Waals surface area contributed by atoms with E-state index in [0.29, 0.717) is 16.9 Å². The highest BCUT2D eigenvalue weighted by molar-refractivity contribution is 6.07. The van der Waals surface area contributed by atoms with E-state index in [1.54, 1.807) is 0 Å². The summed E-state index contributed by atoms with van der Waals surface area (Å²) in [6.45, 7) is 0. The molecule has 0 unspecified atom stereocenters. The zero-order valence-electron chi connectivity index (χ0n) is 15.4. The van der Waals surface area contributed by atoms with E-state index in [4.69, 9.17) is 8.83 Å². The highest BCUT2D eigenvalue weighted by Gasteiger charge is 2.21. The SMILES string of the molecule is O=c1oc2ccc3ccccc3c2cc1-c1ccc2c(ccc3ccccc32)[o+]1. The average molecular weight is 375 g/mol. The molecule has 0 aliphatic carbocycles. The molecule has 0 atom stereocenters. The van der Waals surface area contributed by atoms with E-state index < -0.39 is 5.63 Å². The summed E-state index contributed by atoms with van der Waals surface area (Å²) < 4.78 is 11.8. The number of benzene rings is 4. The fraction of sp³-hybridized carbons (Fsp3) is 0. The number of hydrogen-bond acceptors (Lipinski definition) is 2. The minimum atomic E-state index is -0.406. The summed E-state index contributed by atoms with van der Waals surface area (Å²) in [4.78, 5) is 12.7. The smallest absolute Gasteiger partial charge is 0.368 e. The molecule has 4 aromatic carbocycles. The van der Waals surface area contributed by atoms with Crippen LogP contribution in [0.5, 0.6) is 0 Å². The molecule has 0 bridgehead atoms. The lowest BCUT2D eigenvalue weighted by Crippen LogP contribution is -2.02. The van der Waals surface area contributed by atoms with Gasteiger partial charge in [0.1, 0.15) is 5.58 Å². The zero-order chi connectivity index (χ0) is 19.4. The molecule has 2 aromatic heterocycles. The molecule has 136 valence electrons. The normalized spacial score (nSPS) is 11.6. The van der Waals surface area contributed by atoms with Gasteiger partial charge < -0.3 is 4.42 Å². The zero-order valence-corrected chi connectivity index (χ0v) is 15.4. The summed E-state index contributed by atoms with van der Waals surface area (Å²) in [6.07, 6.45) is 0. The maximum absolute atomic E-state index is 12.7. The molecule has 2 heterocycles. The molecule has 3 heteroatoms. The Kier molecular flexibility index (Phi) is 3.32. The molecule has 0 aliphatic heterocycles. The second kappa shape index (κ2) is 6.01. The van der Waals surface area contributed by atoms with E-state index in [-0.39, 0.29) is 0 Å². The molecule has 0 aliphatic rings. The van der Waals surface area contributed by atoms with Crippen LogP contribution in [0.3, 0.4) is 0 Å². The molecular weight excluding hydrogens is 360 g/mol. The van der Waals surface area contributed by atoms with Gasteiger partial charge in [-0.15, -0.1) is 0 Å². The first-order chi connectivity index (χ1) is 14.3. The maximum Gasteiger partial charge on any atom is 0.368 e.